The van der Waals surface area contributed by atoms with Crippen LogP contribution in [0.1, 0.15) is 17.9 Å². The predicted octanol–water partition coefficient (Wildman–Crippen LogP) is 1.92. The van der Waals surface area contributed by atoms with Gasteiger partial charge >= 0.3 is 12.2 Å². The van der Waals surface area contributed by atoms with Crippen LogP contribution in [0.4, 0.5) is 13.2 Å². The average molecular weight is 356 g/mol. The Morgan fingerprint density at radius 3 is 2.56 bits per heavy atom. The fraction of sp³-hybridized carbons (Fsp3) is 0.467. The molecule has 0 saturated heterocycles. The van der Waals surface area contributed by atoms with Crippen LogP contribution in [-0.4, -0.2) is 40.1 Å². The SMILES string of the molecule is COc1ncc(-c2cc(C3CC3C(F)(F)F)c(=O)n(C)n2)c(OC)n1. The lowest BCUT2D eigenvalue weighted by molar-refractivity contribution is -0.148. The van der Waals surface area contributed by atoms with Crippen molar-refractivity contribution < 1.29 is 22.6 Å². The lowest BCUT2D eigenvalue weighted by Crippen LogP contribution is -2.24. The Kier molecular flexibility index (Phi) is 4.13. The minimum atomic E-state index is -4.32. The first-order valence-corrected chi connectivity index (χ1v) is 7.36. The van der Waals surface area contributed by atoms with Crippen molar-refractivity contribution in [3.63, 3.8) is 0 Å². The lowest BCUT2D eigenvalue weighted by atomic mass is 10.1. The van der Waals surface area contributed by atoms with Crippen LogP contribution < -0.4 is 15.0 Å². The molecule has 10 heteroatoms. The molecule has 1 aliphatic carbocycles. The summed E-state index contributed by atoms with van der Waals surface area (Å²) in [6, 6.07) is 1.43. The second kappa shape index (κ2) is 6.01. The highest BCUT2D eigenvalue weighted by Gasteiger charge is 2.57. The molecule has 2 heterocycles. The van der Waals surface area contributed by atoms with Crippen LogP contribution in [0.15, 0.2) is 17.1 Å². The number of hydrogen-bond acceptors (Lipinski definition) is 6. The minimum absolute atomic E-state index is 0.0740. The van der Waals surface area contributed by atoms with Crippen LogP contribution in [0.2, 0.25) is 0 Å². The third-order valence-corrected chi connectivity index (χ3v) is 4.08. The maximum Gasteiger partial charge on any atom is 0.392 e. The summed E-state index contributed by atoms with van der Waals surface area (Å²) in [4.78, 5) is 20.2. The average Bonchev–Trinajstić information content (AvgIpc) is 3.37. The zero-order valence-electron chi connectivity index (χ0n) is 13.7. The summed E-state index contributed by atoms with van der Waals surface area (Å²) in [6.07, 6.45) is -3.03. The predicted molar refractivity (Wildman–Crippen MR) is 80.5 cm³/mol. The smallest absolute Gasteiger partial charge is 0.392 e. The van der Waals surface area contributed by atoms with Crippen molar-refractivity contribution in [3.8, 4) is 23.1 Å². The van der Waals surface area contributed by atoms with E-state index in [4.69, 9.17) is 9.47 Å². The Morgan fingerprint density at radius 2 is 2.00 bits per heavy atom. The molecule has 0 bridgehead atoms. The topological polar surface area (TPSA) is 79.1 Å². The van der Waals surface area contributed by atoms with Crippen molar-refractivity contribution in [1.82, 2.24) is 19.7 Å². The van der Waals surface area contributed by atoms with Gasteiger partial charge in [0.1, 0.15) is 0 Å². The van der Waals surface area contributed by atoms with Crippen LogP contribution >= 0.6 is 0 Å². The molecule has 2 aromatic rings. The fourth-order valence-electron chi connectivity index (χ4n) is 2.71. The molecule has 134 valence electrons. The summed E-state index contributed by atoms with van der Waals surface area (Å²) in [5.41, 5.74) is 0.135. The van der Waals surface area contributed by atoms with E-state index < -0.39 is 23.6 Å². The Morgan fingerprint density at radius 1 is 1.28 bits per heavy atom. The molecule has 7 nitrogen and oxygen atoms in total. The zero-order chi connectivity index (χ0) is 18.4. The first kappa shape index (κ1) is 17.2. The number of rotatable bonds is 4. The molecule has 2 aromatic heterocycles. The number of halogens is 3. The van der Waals surface area contributed by atoms with Crippen molar-refractivity contribution >= 4 is 0 Å². The van der Waals surface area contributed by atoms with E-state index in [-0.39, 0.29) is 29.6 Å². The number of aromatic nitrogens is 4. The first-order chi connectivity index (χ1) is 11.8. The van der Waals surface area contributed by atoms with E-state index in [0.717, 1.165) is 4.68 Å². The van der Waals surface area contributed by atoms with Gasteiger partial charge < -0.3 is 9.47 Å². The molecule has 0 aliphatic heterocycles. The molecule has 1 aliphatic rings. The molecule has 1 saturated carbocycles. The molecule has 2 unspecified atom stereocenters. The first-order valence-electron chi connectivity index (χ1n) is 7.36. The van der Waals surface area contributed by atoms with Crippen LogP contribution in [0, 0.1) is 5.92 Å². The molecule has 0 spiro atoms. The van der Waals surface area contributed by atoms with Crippen LogP contribution in [0.25, 0.3) is 11.3 Å². The molecule has 1 fully saturated rings. The van der Waals surface area contributed by atoms with E-state index in [0.29, 0.717) is 5.56 Å². The monoisotopic (exact) mass is 356 g/mol. The molecule has 0 amide bonds. The van der Waals surface area contributed by atoms with E-state index in [1.54, 1.807) is 0 Å². The van der Waals surface area contributed by atoms with Gasteiger partial charge in [0.05, 0.1) is 31.4 Å². The normalized spacial score (nSPS) is 19.6. The molecule has 0 radical (unpaired) electrons. The summed E-state index contributed by atoms with van der Waals surface area (Å²) < 4.78 is 49.7. The van der Waals surface area contributed by atoms with E-state index in [2.05, 4.69) is 15.1 Å². The van der Waals surface area contributed by atoms with Crippen molar-refractivity contribution in [3.05, 3.63) is 28.2 Å². The van der Waals surface area contributed by atoms with E-state index in [9.17, 15) is 18.0 Å². The summed E-state index contributed by atoms with van der Waals surface area (Å²) >= 11 is 0. The zero-order valence-corrected chi connectivity index (χ0v) is 13.7. The summed E-state index contributed by atoms with van der Waals surface area (Å²) in [7, 11) is 4.16. The molecule has 2 atom stereocenters. The van der Waals surface area contributed by atoms with Gasteiger partial charge in [-0.15, -0.1) is 0 Å². The lowest BCUT2D eigenvalue weighted by Gasteiger charge is -2.11. The Hall–Kier alpha value is -2.65. The highest BCUT2D eigenvalue weighted by molar-refractivity contribution is 5.64. The van der Waals surface area contributed by atoms with Gasteiger partial charge in [0.25, 0.3) is 5.56 Å². The van der Waals surface area contributed by atoms with Gasteiger partial charge in [0, 0.05) is 24.7 Å². The third-order valence-electron chi connectivity index (χ3n) is 4.08. The Balaban J connectivity index is 2.07. The fourth-order valence-corrected chi connectivity index (χ4v) is 2.71. The van der Waals surface area contributed by atoms with E-state index in [1.807, 2.05) is 0 Å². The van der Waals surface area contributed by atoms with Gasteiger partial charge in [-0.3, -0.25) is 4.79 Å². The van der Waals surface area contributed by atoms with Crippen molar-refractivity contribution in [2.24, 2.45) is 13.0 Å². The van der Waals surface area contributed by atoms with Gasteiger partial charge in [-0.25, -0.2) is 9.67 Å². The Labute approximate surface area is 140 Å². The number of nitrogens with zero attached hydrogens (tertiary/aromatic N) is 4. The Bertz CT molecular complexity index is 866. The third kappa shape index (κ3) is 3.15. The van der Waals surface area contributed by atoms with Gasteiger partial charge in [0.2, 0.25) is 5.88 Å². The number of alkyl halides is 3. The van der Waals surface area contributed by atoms with Crippen molar-refractivity contribution in [2.45, 2.75) is 18.5 Å². The molecular weight excluding hydrogens is 341 g/mol. The summed E-state index contributed by atoms with van der Waals surface area (Å²) in [5, 5.41) is 4.09. The highest BCUT2D eigenvalue weighted by atomic mass is 19.4. The minimum Gasteiger partial charge on any atom is -0.480 e. The molecule has 25 heavy (non-hydrogen) atoms. The molecule has 0 N–H and O–H groups in total. The van der Waals surface area contributed by atoms with Crippen molar-refractivity contribution in [2.75, 3.05) is 14.2 Å². The second-order valence-corrected chi connectivity index (χ2v) is 5.68. The van der Waals surface area contributed by atoms with E-state index >= 15 is 0 Å². The second-order valence-electron chi connectivity index (χ2n) is 5.68. The summed E-state index contributed by atoms with van der Waals surface area (Å²) in [5.74, 6) is -2.21. The number of hydrogen-bond donors (Lipinski definition) is 0. The molecule has 0 aromatic carbocycles. The molecule has 3 rings (SSSR count). The van der Waals surface area contributed by atoms with Crippen LogP contribution in [0.3, 0.4) is 0 Å². The maximum absolute atomic E-state index is 12.9. The van der Waals surface area contributed by atoms with E-state index in [1.165, 1.54) is 33.5 Å². The van der Waals surface area contributed by atoms with Gasteiger partial charge in [-0.05, 0) is 12.5 Å². The van der Waals surface area contributed by atoms with Gasteiger partial charge in [-0.1, -0.05) is 0 Å². The van der Waals surface area contributed by atoms with Crippen LogP contribution in [0.5, 0.6) is 11.9 Å². The quantitative estimate of drug-likeness (QED) is 0.833. The van der Waals surface area contributed by atoms with Crippen LogP contribution in [-0.2, 0) is 7.05 Å². The van der Waals surface area contributed by atoms with Crippen molar-refractivity contribution in [1.29, 1.82) is 0 Å². The molecular formula is C15H15F3N4O3. The number of ether oxygens (including phenoxy) is 2. The standard InChI is InChI=1S/C15H15F3N4O3/c1-22-13(23)8(7-4-10(7)15(16,17)18)5-11(21-22)9-6-19-14(25-3)20-12(9)24-2/h5-7,10H,4H2,1-3H3. The number of aryl methyl sites for hydroxylation is 1. The largest absolute Gasteiger partial charge is 0.480 e. The highest BCUT2D eigenvalue weighted by Crippen LogP contribution is 2.55. The summed E-state index contributed by atoms with van der Waals surface area (Å²) in [6.45, 7) is 0. The number of methoxy groups -OCH3 is 2. The maximum atomic E-state index is 12.9. The van der Waals surface area contributed by atoms with Gasteiger partial charge in [0.15, 0.2) is 0 Å². The van der Waals surface area contributed by atoms with Gasteiger partial charge in [-0.2, -0.15) is 23.3 Å².